The molecule has 1 aromatic heterocycles. The highest BCUT2D eigenvalue weighted by molar-refractivity contribution is 5.99. The highest BCUT2D eigenvalue weighted by Gasteiger charge is 2.39. The SMILES string of the molecule is Cc1cc(C(=O)Oc2ccc3c(=O)c(-c4cccc5ccccc45)c(C(F)(F)F)oc3c2)ccc1[N+](=O)[O-]. The van der Waals surface area contributed by atoms with Crippen LogP contribution in [0.1, 0.15) is 21.7 Å². The van der Waals surface area contributed by atoms with Crippen molar-refractivity contribution in [2.75, 3.05) is 0 Å². The monoisotopic (exact) mass is 519 g/mol. The molecule has 0 spiro atoms. The number of halogens is 3. The Morgan fingerprint density at radius 2 is 1.68 bits per heavy atom. The van der Waals surface area contributed by atoms with Crippen LogP contribution in [0.3, 0.4) is 0 Å². The number of nitrogens with zero attached hydrogens (tertiary/aromatic N) is 1. The van der Waals surface area contributed by atoms with Crippen molar-refractivity contribution in [2.45, 2.75) is 13.1 Å². The summed E-state index contributed by atoms with van der Waals surface area (Å²) in [5.41, 5.74) is -1.81. The van der Waals surface area contributed by atoms with Gasteiger partial charge in [-0.3, -0.25) is 14.9 Å². The van der Waals surface area contributed by atoms with Crippen LogP contribution in [0.4, 0.5) is 18.9 Å². The fraction of sp³-hybridized carbons (Fsp3) is 0.0714. The molecule has 5 rings (SSSR count). The lowest BCUT2D eigenvalue weighted by atomic mass is 9.96. The highest BCUT2D eigenvalue weighted by atomic mass is 19.4. The number of rotatable bonds is 4. The molecule has 0 aliphatic carbocycles. The molecule has 0 atom stereocenters. The number of hydrogen-bond acceptors (Lipinski definition) is 6. The summed E-state index contributed by atoms with van der Waals surface area (Å²) in [6, 6.07) is 18.6. The number of carbonyl (C=O) groups is 1. The van der Waals surface area contributed by atoms with E-state index in [1.165, 1.54) is 37.3 Å². The summed E-state index contributed by atoms with van der Waals surface area (Å²) in [6.45, 7) is 1.45. The van der Waals surface area contributed by atoms with Crippen LogP contribution in [-0.2, 0) is 6.18 Å². The molecule has 0 aliphatic heterocycles. The molecular formula is C28H16F3NO6. The Morgan fingerprint density at radius 1 is 0.947 bits per heavy atom. The number of hydrogen-bond donors (Lipinski definition) is 0. The molecule has 5 aromatic rings. The van der Waals surface area contributed by atoms with E-state index < -0.39 is 39.4 Å². The zero-order chi connectivity index (χ0) is 27.2. The lowest BCUT2D eigenvalue weighted by Gasteiger charge is -2.14. The molecule has 0 radical (unpaired) electrons. The standard InChI is InChI=1S/C28H16F3NO6/c1-15-13-17(9-12-22(15)32(35)36)27(34)37-18-10-11-21-23(14-18)38-26(28(29,30)31)24(25(21)33)20-8-4-6-16-5-2-3-7-19(16)20/h2-14H,1H3. The maximum atomic E-state index is 14.1. The van der Waals surface area contributed by atoms with E-state index >= 15 is 0 Å². The molecule has 190 valence electrons. The third kappa shape index (κ3) is 4.36. The van der Waals surface area contributed by atoms with Gasteiger partial charge in [0.1, 0.15) is 11.3 Å². The summed E-state index contributed by atoms with van der Waals surface area (Å²) in [6.07, 6.45) is -5.00. The Bertz CT molecular complexity index is 1820. The number of fused-ring (bicyclic) bond motifs is 2. The van der Waals surface area contributed by atoms with Crippen molar-refractivity contribution in [2.24, 2.45) is 0 Å². The van der Waals surface area contributed by atoms with E-state index in [-0.39, 0.29) is 33.5 Å². The van der Waals surface area contributed by atoms with Gasteiger partial charge in [-0.15, -0.1) is 0 Å². The van der Waals surface area contributed by atoms with Gasteiger partial charge in [-0.05, 0) is 47.5 Å². The van der Waals surface area contributed by atoms with Gasteiger partial charge in [0.2, 0.25) is 11.2 Å². The van der Waals surface area contributed by atoms with E-state index in [4.69, 9.17) is 9.15 Å². The molecule has 4 aromatic carbocycles. The summed E-state index contributed by atoms with van der Waals surface area (Å²) in [7, 11) is 0. The molecule has 0 saturated carbocycles. The number of carbonyl (C=O) groups excluding carboxylic acids is 1. The highest BCUT2D eigenvalue weighted by Crippen LogP contribution is 2.40. The van der Waals surface area contributed by atoms with Crippen LogP contribution in [0.2, 0.25) is 0 Å². The Labute approximate surface area is 211 Å². The summed E-state index contributed by atoms with van der Waals surface area (Å²) in [4.78, 5) is 36.4. The smallest absolute Gasteiger partial charge is 0.450 e. The largest absolute Gasteiger partial charge is 0.450 e. The van der Waals surface area contributed by atoms with Crippen LogP contribution >= 0.6 is 0 Å². The molecule has 0 aliphatic rings. The van der Waals surface area contributed by atoms with Crippen molar-refractivity contribution in [3.63, 3.8) is 0 Å². The van der Waals surface area contributed by atoms with Gasteiger partial charge in [0.25, 0.3) is 5.69 Å². The number of nitro groups is 1. The van der Waals surface area contributed by atoms with Gasteiger partial charge in [0.15, 0.2) is 0 Å². The minimum Gasteiger partial charge on any atom is -0.450 e. The number of esters is 1. The predicted octanol–water partition coefficient (Wildman–Crippen LogP) is 7.07. The lowest BCUT2D eigenvalue weighted by Crippen LogP contribution is -2.16. The second kappa shape index (κ2) is 9.15. The number of nitro benzene ring substituents is 1. The van der Waals surface area contributed by atoms with E-state index in [9.17, 15) is 32.9 Å². The zero-order valence-corrected chi connectivity index (χ0v) is 19.5. The number of aryl methyl sites for hydroxylation is 1. The predicted molar refractivity (Wildman–Crippen MR) is 133 cm³/mol. The lowest BCUT2D eigenvalue weighted by molar-refractivity contribution is -0.385. The van der Waals surface area contributed by atoms with Crippen LogP contribution < -0.4 is 10.2 Å². The fourth-order valence-corrected chi connectivity index (χ4v) is 4.28. The Hall–Kier alpha value is -4.99. The van der Waals surface area contributed by atoms with Gasteiger partial charge in [-0.2, -0.15) is 13.2 Å². The molecule has 0 bridgehead atoms. The van der Waals surface area contributed by atoms with Crippen LogP contribution in [0, 0.1) is 17.0 Å². The Kier molecular flexibility index (Phi) is 5.94. The number of benzene rings is 4. The van der Waals surface area contributed by atoms with Crippen LogP contribution in [0.5, 0.6) is 5.75 Å². The zero-order valence-electron chi connectivity index (χ0n) is 19.5. The van der Waals surface area contributed by atoms with Crippen LogP contribution in [-0.4, -0.2) is 10.9 Å². The van der Waals surface area contributed by atoms with E-state index in [2.05, 4.69) is 0 Å². The molecule has 0 saturated heterocycles. The van der Waals surface area contributed by atoms with Crippen LogP contribution in [0.15, 0.2) is 88.1 Å². The molecule has 7 nitrogen and oxygen atoms in total. The number of alkyl halides is 3. The second-order valence-electron chi connectivity index (χ2n) is 8.47. The molecular weight excluding hydrogens is 503 g/mol. The third-order valence-electron chi connectivity index (χ3n) is 6.02. The normalized spacial score (nSPS) is 11.6. The van der Waals surface area contributed by atoms with Gasteiger partial charge in [-0.25, -0.2) is 4.79 Å². The van der Waals surface area contributed by atoms with Crippen LogP contribution in [0.25, 0.3) is 32.9 Å². The van der Waals surface area contributed by atoms with Crippen molar-refractivity contribution in [1.82, 2.24) is 0 Å². The summed E-state index contributed by atoms with van der Waals surface area (Å²) < 4.78 is 52.9. The Morgan fingerprint density at radius 3 is 2.39 bits per heavy atom. The first-order chi connectivity index (χ1) is 18.0. The number of ether oxygens (including phenoxy) is 1. The molecule has 0 amide bonds. The topological polar surface area (TPSA) is 99.7 Å². The van der Waals surface area contributed by atoms with Gasteiger partial charge in [0, 0.05) is 17.7 Å². The van der Waals surface area contributed by atoms with E-state index in [1.807, 2.05) is 0 Å². The van der Waals surface area contributed by atoms with E-state index in [0.29, 0.717) is 10.8 Å². The molecule has 10 heteroatoms. The van der Waals surface area contributed by atoms with Crippen molar-refractivity contribution in [3.05, 3.63) is 116 Å². The second-order valence-corrected chi connectivity index (χ2v) is 8.47. The average Bonchev–Trinajstić information content (AvgIpc) is 2.87. The summed E-state index contributed by atoms with van der Waals surface area (Å²) in [5, 5.41) is 12.0. The molecule has 0 fully saturated rings. The van der Waals surface area contributed by atoms with Gasteiger partial charge < -0.3 is 9.15 Å². The van der Waals surface area contributed by atoms with Crippen molar-refractivity contribution in [1.29, 1.82) is 0 Å². The molecule has 0 N–H and O–H groups in total. The molecule has 38 heavy (non-hydrogen) atoms. The first-order valence-electron chi connectivity index (χ1n) is 11.2. The maximum Gasteiger partial charge on any atom is 0.450 e. The van der Waals surface area contributed by atoms with Gasteiger partial charge in [-0.1, -0.05) is 42.5 Å². The van der Waals surface area contributed by atoms with Crippen molar-refractivity contribution < 1.29 is 32.0 Å². The fourth-order valence-electron chi connectivity index (χ4n) is 4.28. The van der Waals surface area contributed by atoms with Gasteiger partial charge >= 0.3 is 12.1 Å². The average molecular weight is 519 g/mol. The maximum absolute atomic E-state index is 14.1. The quantitative estimate of drug-likeness (QED) is 0.109. The van der Waals surface area contributed by atoms with E-state index in [1.54, 1.807) is 36.4 Å². The van der Waals surface area contributed by atoms with Crippen molar-refractivity contribution in [3.8, 4) is 16.9 Å². The minimum atomic E-state index is -5.00. The minimum absolute atomic E-state index is 0.00284. The molecule has 0 unspecified atom stereocenters. The third-order valence-corrected chi connectivity index (χ3v) is 6.02. The van der Waals surface area contributed by atoms with Gasteiger partial charge in [0.05, 0.1) is 21.4 Å². The summed E-state index contributed by atoms with van der Waals surface area (Å²) in [5.74, 6) is -2.54. The van der Waals surface area contributed by atoms with Crippen molar-refractivity contribution >= 4 is 33.4 Å². The summed E-state index contributed by atoms with van der Waals surface area (Å²) >= 11 is 0. The van der Waals surface area contributed by atoms with E-state index in [0.717, 1.165) is 12.1 Å². The Balaban J connectivity index is 1.61. The first-order valence-corrected chi connectivity index (χ1v) is 11.2. The molecule has 1 heterocycles. The first kappa shape index (κ1) is 24.7.